The molecule has 1 rings (SSSR count). The van der Waals surface area contributed by atoms with Crippen LogP contribution in [-0.2, 0) is 4.74 Å². The van der Waals surface area contributed by atoms with Crippen LogP contribution in [0.15, 0.2) is 24.3 Å². The molecule has 0 aliphatic rings. The number of ether oxygens (including phenoxy) is 2. The molecule has 1 unspecified atom stereocenters. The quantitative estimate of drug-likeness (QED) is 0.729. The molecule has 0 aromatic heterocycles. The third kappa shape index (κ3) is 4.76. The van der Waals surface area contributed by atoms with E-state index in [2.05, 4.69) is 0 Å². The average molecular weight is 213 g/mol. The molecule has 0 heterocycles. The van der Waals surface area contributed by atoms with E-state index in [-0.39, 0.29) is 11.9 Å². The van der Waals surface area contributed by atoms with Crippen molar-refractivity contribution in [2.24, 2.45) is 5.73 Å². The molecule has 0 radical (unpaired) electrons. The highest BCUT2D eigenvalue weighted by Gasteiger charge is 1.99. The lowest BCUT2D eigenvalue weighted by Gasteiger charge is -2.11. The zero-order chi connectivity index (χ0) is 11.1. The summed E-state index contributed by atoms with van der Waals surface area (Å²) in [4.78, 5) is 0. The van der Waals surface area contributed by atoms with Crippen LogP contribution in [0.1, 0.15) is 6.92 Å². The van der Waals surface area contributed by atoms with E-state index in [0.717, 1.165) is 0 Å². The molecule has 4 heteroatoms. The minimum atomic E-state index is -0.302. The molecule has 84 valence electrons. The first-order chi connectivity index (χ1) is 7.22. The lowest BCUT2D eigenvalue weighted by atomic mass is 10.3. The maximum Gasteiger partial charge on any atom is 0.126 e. The molecule has 0 fully saturated rings. The lowest BCUT2D eigenvalue weighted by molar-refractivity contribution is 0.0496. The maximum absolute atomic E-state index is 12.7. The summed E-state index contributed by atoms with van der Waals surface area (Å²) in [7, 11) is 0. The Morgan fingerprint density at radius 1 is 1.40 bits per heavy atom. The molecule has 0 aliphatic carbocycles. The highest BCUT2D eigenvalue weighted by atomic mass is 19.1. The van der Waals surface area contributed by atoms with Crippen molar-refractivity contribution < 1.29 is 13.9 Å². The van der Waals surface area contributed by atoms with E-state index in [4.69, 9.17) is 15.2 Å². The average Bonchev–Trinajstić information content (AvgIpc) is 2.24. The minimum absolute atomic E-state index is 0.0288. The van der Waals surface area contributed by atoms with Gasteiger partial charge in [-0.2, -0.15) is 0 Å². The number of rotatable bonds is 6. The van der Waals surface area contributed by atoms with Gasteiger partial charge in [-0.25, -0.2) is 4.39 Å². The fraction of sp³-hybridized carbons (Fsp3) is 0.455. The van der Waals surface area contributed by atoms with Gasteiger partial charge in [0, 0.05) is 12.6 Å². The zero-order valence-electron chi connectivity index (χ0n) is 8.78. The Kier molecular flexibility index (Phi) is 5.07. The molecular weight excluding hydrogens is 197 g/mol. The summed E-state index contributed by atoms with van der Waals surface area (Å²) in [5, 5.41) is 0. The molecule has 0 aliphatic heterocycles. The Labute approximate surface area is 89.0 Å². The van der Waals surface area contributed by atoms with Gasteiger partial charge in [-0.05, 0) is 19.1 Å². The molecule has 3 nitrogen and oxygen atoms in total. The van der Waals surface area contributed by atoms with E-state index in [1.807, 2.05) is 6.92 Å². The van der Waals surface area contributed by atoms with Crippen LogP contribution in [0.3, 0.4) is 0 Å². The molecule has 1 aromatic carbocycles. The van der Waals surface area contributed by atoms with Crippen molar-refractivity contribution in [2.45, 2.75) is 13.0 Å². The smallest absolute Gasteiger partial charge is 0.126 e. The fourth-order valence-electron chi connectivity index (χ4n) is 1.03. The highest BCUT2D eigenvalue weighted by molar-refractivity contribution is 5.22. The highest BCUT2D eigenvalue weighted by Crippen LogP contribution is 2.11. The van der Waals surface area contributed by atoms with Crippen LogP contribution in [0.25, 0.3) is 0 Å². The number of benzene rings is 1. The van der Waals surface area contributed by atoms with Gasteiger partial charge in [0.2, 0.25) is 0 Å². The van der Waals surface area contributed by atoms with Gasteiger partial charge in [0.15, 0.2) is 0 Å². The molecule has 0 spiro atoms. The Morgan fingerprint density at radius 2 is 2.20 bits per heavy atom. The van der Waals surface area contributed by atoms with Crippen LogP contribution in [0.5, 0.6) is 5.75 Å². The standard InChI is InChI=1S/C11H16FNO2/c1-9(8-13)14-5-6-15-11-4-2-3-10(12)7-11/h2-4,7,9H,5-6,8,13H2,1H3. The van der Waals surface area contributed by atoms with Crippen LogP contribution in [0.4, 0.5) is 4.39 Å². The van der Waals surface area contributed by atoms with E-state index < -0.39 is 0 Å². The Morgan fingerprint density at radius 3 is 2.87 bits per heavy atom. The van der Waals surface area contributed by atoms with Gasteiger partial charge >= 0.3 is 0 Å². The Balaban J connectivity index is 2.20. The summed E-state index contributed by atoms with van der Waals surface area (Å²) in [5.74, 6) is 0.211. The van der Waals surface area contributed by atoms with E-state index in [1.54, 1.807) is 12.1 Å². The molecular formula is C11H16FNO2. The van der Waals surface area contributed by atoms with Gasteiger partial charge in [-0.15, -0.1) is 0 Å². The van der Waals surface area contributed by atoms with Crippen molar-refractivity contribution in [3.05, 3.63) is 30.1 Å². The van der Waals surface area contributed by atoms with Gasteiger partial charge in [-0.3, -0.25) is 0 Å². The number of nitrogens with two attached hydrogens (primary N) is 1. The third-order valence-electron chi connectivity index (χ3n) is 1.88. The van der Waals surface area contributed by atoms with Crippen molar-refractivity contribution in [1.29, 1.82) is 0 Å². The van der Waals surface area contributed by atoms with Crippen LogP contribution < -0.4 is 10.5 Å². The summed E-state index contributed by atoms with van der Waals surface area (Å²) in [6, 6.07) is 6.02. The van der Waals surface area contributed by atoms with Crippen LogP contribution in [0, 0.1) is 5.82 Å². The molecule has 0 bridgehead atoms. The van der Waals surface area contributed by atoms with Gasteiger partial charge in [-0.1, -0.05) is 6.07 Å². The van der Waals surface area contributed by atoms with Crippen molar-refractivity contribution in [3.63, 3.8) is 0 Å². The number of hydrogen-bond donors (Lipinski definition) is 1. The van der Waals surface area contributed by atoms with E-state index >= 15 is 0 Å². The number of halogens is 1. The normalized spacial score (nSPS) is 12.5. The van der Waals surface area contributed by atoms with Gasteiger partial charge in [0.05, 0.1) is 12.7 Å². The van der Waals surface area contributed by atoms with Gasteiger partial charge in [0.25, 0.3) is 0 Å². The summed E-state index contributed by atoms with van der Waals surface area (Å²) < 4.78 is 23.3. The van der Waals surface area contributed by atoms with Crippen LogP contribution in [-0.4, -0.2) is 25.9 Å². The Hall–Kier alpha value is -1.13. The zero-order valence-corrected chi connectivity index (χ0v) is 8.78. The second kappa shape index (κ2) is 6.37. The van der Waals surface area contributed by atoms with E-state index in [9.17, 15) is 4.39 Å². The second-order valence-electron chi connectivity index (χ2n) is 3.22. The van der Waals surface area contributed by atoms with Crippen molar-refractivity contribution in [3.8, 4) is 5.75 Å². The Bertz CT molecular complexity index is 294. The predicted octanol–water partition coefficient (Wildman–Crippen LogP) is 1.57. The first-order valence-electron chi connectivity index (χ1n) is 4.92. The molecule has 1 aromatic rings. The molecule has 0 saturated carbocycles. The predicted molar refractivity (Wildman–Crippen MR) is 56.4 cm³/mol. The molecule has 0 saturated heterocycles. The third-order valence-corrected chi connectivity index (χ3v) is 1.88. The van der Waals surface area contributed by atoms with Crippen molar-refractivity contribution in [1.82, 2.24) is 0 Å². The molecule has 15 heavy (non-hydrogen) atoms. The van der Waals surface area contributed by atoms with Crippen molar-refractivity contribution >= 4 is 0 Å². The van der Waals surface area contributed by atoms with Gasteiger partial charge in [0.1, 0.15) is 18.2 Å². The summed E-state index contributed by atoms with van der Waals surface area (Å²) in [6.07, 6.45) is 0.0288. The fourth-order valence-corrected chi connectivity index (χ4v) is 1.03. The van der Waals surface area contributed by atoms with Crippen molar-refractivity contribution in [2.75, 3.05) is 19.8 Å². The van der Waals surface area contributed by atoms with E-state index in [0.29, 0.717) is 25.5 Å². The molecule has 2 N–H and O–H groups in total. The van der Waals surface area contributed by atoms with E-state index in [1.165, 1.54) is 12.1 Å². The van der Waals surface area contributed by atoms with Crippen LogP contribution in [0.2, 0.25) is 0 Å². The first kappa shape index (κ1) is 11.9. The molecule has 0 amide bonds. The minimum Gasteiger partial charge on any atom is -0.491 e. The SMILES string of the molecule is CC(CN)OCCOc1cccc(F)c1. The maximum atomic E-state index is 12.7. The van der Waals surface area contributed by atoms with Crippen LogP contribution >= 0.6 is 0 Å². The number of hydrogen-bond acceptors (Lipinski definition) is 3. The summed E-state index contributed by atoms with van der Waals surface area (Å²) in [6.45, 7) is 3.23. The molecule has 1 atom stereocenters. The van der Waals surface area contributed by atoms with Gasteiger partial charge < -0.3 is 15.2 Å². The monoisotopic (exact) mass is 213 g/mol. The summed E-state index contributed by atoms with van der Waals surface area (Å²) in [5.41, 5.74) is 5.37. The second-order valence-corrected chi connectivity index (χ2v) is 3.22. The lowest BCUT2D eigenvalue weighted by Crippen LogP contribution is -2.22. The largest absolute Gasteiger partial charge is 0.491 e. The topological polar surface area (TPSA) is 44.5 Å². The first-order valence-corrected chi connectivity index (χ1v) is 4.92. The summed E-state index contributed by atoms with van der Waals surface area (Å²) >= 11 is 0.